The van der Waals surface area contributed by atoms with Gasteiger partial charge in [0.25, 0.3) is 0 Å². The van der Waals surface area contributed by atoms with Crippen molar-refractivity contribution < 1.29 is 0 Å². The maximum absolute atomic E-state index is 4.34. The first kappa shape index (κ1) is 8.30. The van der Waals surface area contributed by atoms with Crippen molar-refractivity contribution in [2.24, 2.45) is 0 Å². The quantitative estimate of drug-likeness (QED) is 0.649. The summed E-state index contributed by atoms with van der Waals surface area (Å²) in [5.41, 5.74) is 3.47. The zero-order valence-corrected chi connectivity index (χ0v) is 8.12. The van der Waals surface area contributed by atoms with Crippen LogP contribution in [0.25, 0.3) is 5.70 Å². The predicted molar refractivity (Wildman–Crippen MR) is 54.0 cm³/mol. The van der Waals surface area contributed by atoms with E-state index in [9.17, 15) is 0 Å². The molecule has 2 rings (SSSR count). The topological polar surface area (TPSA) is 16.1 Å². The van der Waals surface area contributed by atoms with Crippen LogP contribution in [-0.4, -0.2) is 15.9 Å². The lowest BCUT2D eigenvalue weighted by Crippen LogP contribution is -2.23. The Kier molecular flexibility index (Phi) is 1.83. The Morgan fingerprint density at radius 3 is 2.92 bits per heavy atom. The Bertz CT molecular complexity index is 342. The van der Waals surface area contributed by atoms with Crippen molar-refractivity contribution >= 4 is 5.70 Å². The van der Waals surface area contributed by atoms with E-state index < -0.39 is 0 Å². The van der Waals surface area contributed by atoms with Crippen LogP contribution in [0.2, 0.25) is 0 Å². The van der Waals surface area contributed by atoms with Crippen molar-refractivity contribution in [1.29, 1.82) is 0 Å². The van der Waals surface area contributed by atoms with Gasteiger partial charge in [-0.25, -0.2) is 0 Å². The van der Waals surface area contributed by atoms with E-state index >= 15 is 0 Å². The Labute approximate surface area is 78.9 Å². The van der Waals surface area contributed by atoms with Gasteiger partial charge in [-0.3, -0.25) is 4.98 Å². The Morgan fingerprint density at radius 1 is 1.54 bits per heavy atom. The van der Waals surface area contributed by atoms with Crippen LogP contribution in [0.15, 0.2) is 24.9 Å². The molecule has 0 unspecified atom stereocenters. The fourth-order valence-corrected chi connectivity index (χ4v) is 1.73. The van der Waals surface area contributed by atoms with Gasteiger partial charge < -0.3 is 4.90 Å². The summed E-state index contributed by atoms with van der Waals surface area (Å²) in [6, 6.07) is 4.56. The smallest absolute Gasteiger partial charge is 0.0689 e. The molecule has 0 bridgehead atoms. The summed E-state index contributed by atoms with van der Waals surface area (Å²) in [5.74, 6) is 0. The van der Waals surface area contributed by atoms with Crippen molar-refractivity contribution in [2.45, 2.75) is 26.4 Å². The normalized spacial score (nSPS) is 15.3. The molecule has 0 spiro atoms. The molecule has 13 heavy (non-hydrogen) atoms. The number of rotatable bonds is 1. The summed E-state index contributed by atoms with van der Waals surface area (Å²) in [6.45, 7) is 9.35. The highest BCUT2D eigenvalue weighted by Gasteiger charge is 2.24. The lowest BCUT2D eigenvalue weighted by molar-refractivity contribution is 0.336. The van der Waals surface area contributed by atoms with Crippen LogP contribution < -0.4 is 0 Å². The lowest BCUT2D eigenvalue weighted by atomic mass is 10.2. The van der Waals surface area contributed by atoms with Gasteiger partial charge in [0.1, 0.15) is 0 Å². The molecule has 2 heterocycles. The van der Waals surface area contributed by atoms with Crippen LogP contribution >= 0.6 is 0 Å². The van der Waals surface area contributed by atoms with Crippen LogP contribution in [0.5, 0.6) is 0 Å². The zero-order chi connectivity index (χ0) is 9.42. The number of hydrogen-bond donors (Lipinski definition) is 0. The molecular weight excluding hydrogens is 160 g/mol. The largest absolute Gasteiger partial charge is 0.363 e. The molecule has 0 radical (unpaired) electrons. The van der Waals surface area contributed by atoms with Crippen LogP contribution in [-0.2, 0) is 6.54 Å². The summed E-state index contributed by atoms with van der Waals surface area (Å²) in [7, 11) is 0. The fraction of sp³-hybridized carbons (Fsp3) is 0.364. The fourth-order valence-electron chi connectivity index (χ4n) is 1.73. The molecule has 1 aromatic heterocycles. The van der Waals surface area contributed by atoms with Gasteiger partial charge >= 0.3 is 0 Å². The molecule has 2 heteroatoms. The molecule has 1 aromatic rings. The van der Waals surface area contributed by atoms with E-state index in [1.54, 1.807) is 0 Å². The van der Waals surface area contributed by atoms with E-state index in [0.29, 0.717) is 6.04 Å². The molecule has 0 saturated heterocycles. The van der Waals surface area contributed by atoms with Gasteiger partial charge in [0.2, 0.25) is 0 Å². The Hall–Kier alpha value is -1.31. The van der Waals surface area contributed by atoms with Gasteiger partial charge in [-0.15, -0.1) is 0 Å². The summed E-state index contributed by atoms with van der Waals surface area (Å²) >= 11 is 0. The van der Waals surface area contributed by atoms with E-state index in [1.165, 1.54) is 5.56 Å². The Balaban J connectivity index is 2.38. The molecule has 1 aliphatic heterocycles. The third-order valence-corrected chi connectivity index (χ3v) is 2.49. The second kappa shape index (κ2) is 2.87. The third-order valence-electron chi connectivity index (χ3n) is 2.49. The second-order valence-electron chi connectivity index (χ2n) is 3.67. The van der Waals surface area contributed by atoms with Gasteiger partial charge in [0, 0.05) is 23.5 Å². The van der Waals surface area contributed by atoms with Gasteiger partial charge in [-0.05, 0) is 26.0 Å². The van der Waals surface area contributed by atoms with Gasteiger partial charge in [0.15, 0.2) is 0 Å². The van der Waals surface area contributed by atoms with E-state index in [2.05, 4.69) is 36.4 Å². The van der Waals surface area contributed by atoms with Crippen molar-refractivity contribution in [2.75, 3.05) is 0 Å². The first-order valence-corrected chi connectivity index (χ1v) is 4.60. The minimum atomic E-state index is 0.502. The summed E-state index contributed by atoms with van der Waals surface area (Å²) < 4.78 is 0. The maximum atomic E-state index is 4.34. The molecule has 0 aromatic carbocycles. The number of fused-ring (bicyclic) bond motifs is 1. The molecule has 2 nitrogen and oxygen atoms in total. The van der Waals surface area contributed by atoms with Crippen molar-refractivity contribution in [3.05, 3.63) is 36.2 Å². The molecule has 0 aliphatic carbocycles. The lowest BCUT2D eigenvalue weighted by Gasteiger charge is -2.23. The van der Waals surface area contributed by atoms with Crippen LogP contribution in [0.4, 0.5) is 0 Å². The van der Waals surface area contributed by atoms with Crippen molar-refractivity contribution in [3.8, 4) is 0 Å². The number of hydrogen-bond acceptors (Lipinski definition) is 2. The standard InChI is InChI=1S/C11H14N2/c1-8(2)13-7-11-10(9(13)3)5-4-6-12-11/h4-6,8H,3,7H2,1-2H3. The van der Waals surface area contributed by atoms with Crippen molar-refractivity contribution in [3.63, 3.8) is 0 Å². The highest BCUT2D eigenvalue weighted by atomic mass is 15.2. The molecule has 1 aliphatic rings. The van der Waals surface area contributed by atoms with Crippen LogP contribution in [0, 0.1) is 0 Å². The highest BCUT2D eigenvalue weighted by Crippen LogP contribution is 2.30. The van der Waals surface area contributed by atoms with Gasteiger partial charge in [-0.1, -0.05) is 6.58 Å². The minimum absolute atomic E-state index is 0.502. The monoisotopic (exact) mass is 174 g/mol. The SMILES string of the molecule is C=C1c2cccnc2CN1C(C)C. The first-order valence-electron chi connectivity index (χ1n) is 4.60. The predicted octanol–water partition coefficient (Wildman–Crippen LogP) is 2.28. The molecule has 0 N–H and O–H groups in total. The summed E-state index contributed by atoms with van der Waals surface area (Å²) in [4.78, 5) is 6.62. The average Bonchev–Trinajstić information content (AvgIpc) is 2.45. The average molecular weight is 174 g/mol. The van der Waals surface area contributed by atoms with Crippen molar-refractivity contribution in [1.82, 2.24) is 9.88 Å². The summed E-state index contributed by atoms with van der Waals surface area (Å²) in [6.07, 6.45) is 1.84. The Morgan fingerprint density at radius 2 is 2.31 bits per heavy atom. The van der Waals surface area contributed by atoms with E-state index in [0.717, 1.165) is 17.9 Å². The molecule has 68 valence electrons. The zero-order valence-electron chi connectivity index (χ0n) is 8.12. The van der Waals surface area contributed by atoms with Crippen LogP contribution in [0.3, 0.4) is 0 Å². The summed E-state index contributed by atoms with van der Waals surface area (Å²) in [5, 5.41) is 0. The van der Waals surface area contributed by atoms with E-state index in [4.69, 9.17) is 0 Å². The van der Waals surface area contributed by atoms with Gasteiger partial charge in [0.05, 0.1) is 12.2 Å². The van der Waals surface area contributed by atoms with Gasteiger partial charge in [-0.2, -0.15) is 0 Å². The molecule has 0 amide bonds. The second-order valence-corrected chi connectivity index (χ2v) is 3.67. The maximum Gasteiger partial charge on any atom is 0.0689 e. The molecule has 0 atom stereocenters. The minimum Gasteiger partial charge on any atom is -0.363 e. The molecule has 0 saturated carbocycles. The van der Waals surface area contributed by atoms with E-state index in [1.807, 2.05) is 12.3 Å². The van der Waals surface area contributed by atoms with Crippen LogP contribution in [0.1, 0.15) is 25.1 Å². The highest BCUT2D eigenvalue weighted by molar-refractivity contribution is 5.67. The first-order chi connectivity index (χ1) is 6.20. The number of pyridine rings is 1. The molecular formula is C11H14N2. The number of aromatic nitrogens is 1. The third kappa shape index (κ3) is 1.22. The van der Waals surface area contributed by atoms with E-state index in [-0.39, 0.29) is 0 Å². The molecule has 0 fully saturated rings. The number of nitrogens with zero attached hydrogens (tertiary/aromatic N) is 2.